The quantitative estimate of drug-likeness (QED) is 0.150. The number of hydrogen-bond donors (Lipinski definition) is 1. The smallest absolute Gasteiger partial charge is 0.0170 e. The third-order valence-electron chi connectivity index (χ3n) is 5.20. The summed E-state index contributed by atoms with van der Waals surface area (Å²) in [5.41, 5.74) is 1.97. The molecule has 144 valence electrons. The first-order valence-electron chi connectivity index (χ1n) is 10.8. The molecule has 0 fully saturated rings. The van der Waals surface area contributed by atoms with Crippen molar-refractivity contribution in [2.24, 2.45) is 5.92 Å². The molecule has 0 unspecified atom stereocenters. The first-order chi connectivity index (χ1) is 11.8. The van der Waals surface area contributed by atoms with Crippen LogP contribution in [0.1, 0.15) is 117 Å². The lowest BCUT2D eigenvalue weighted by molar-refractivity contribution is 0.427. The van der Waals surface area contributed by atoms with Gasteiger partial charge in [0.25, 0.3) is 0 Å². The van der Waals surface area contributed by atoms with E-state index in [1.54, 1.807) is 0 Å². The molecule has 2 nitrogen and oxygen atoms in total. The van der Waals surface area contributed by atoms with Crippen LogP contribution in [0.5, 0.6) is 0 Å². The molecule has 0 heterocycles. The van der Waals surface area contributed by atoms with Crippen LogP contribution >= 0.6 is 0 Å². The third-order valence-corrected chi connectivity index (χ3v) is 5.20. The normalized spacial score (nSPS) is 11.8. The highest BCUT2D eigenvalue weighted by Gasteiger charge is 2.01. The van der Waals surface area contributed by atoms with Gasteiger partial charge >= 0.3 is 0 Å². The van der Waals surface area contributed by atoms with Gasteiger partial charge in [-0.25, -0.2) is 0 Å². The van der Waals surface area contributed by atoms with Crippen molar-refractivity contribution < 1.29 is 0 Å². The largest absolute Gasteiger partial charge is 0.788 e. The summed E-state index contributed by atoms with van der Waals surface area (Å²) in [7, 11) is 0. The first-order valence-corrected chi connectivity index (χ1v) is 10.8. The Kier molecular flexibility index (Phi) is 20.4. The van der Waals surface area contributed by atoms with Gasteiger partial charge in [0.2, 0.25) is 0 Å². The Bertz CT molecular complexity index is 248. The summed E-state index contributed by atoms with van der Waals surface area (Å²) in [4.78, 5) is 0. The van der Waals surface area contributed by atoms with E-state index in [0.29, 0.717) is 6.54 Å². The summed E-state index contributed by atoms with van der Waals surface area (Å²) in [6.07, 6.45) is 26.0. The van der Waals surface area contributed by atoms with Crippen molar-refractivity contribution >= 4 is 0 Å². The van der Waals surface area contributed by atoms with Gasteiger partial charge in [0.05, 0.1) is 0 Å². The van der Waals surface area contributed by atoms with E-state index in [0.717, 1.165) is 12.3 Å². The van der Waals surface area contributed by atoms with Crippen LogP contribution in [0.15, 0.2) is 12.2 Å². The topological polar surface area (TPSA) is 35.1 Å². The van der Waals surface area contributed by atoms with Gasteiger partial charge in [-0.15, -0.1) is 0 Å². The number of hydrogen-bond acceptors (Lipinski definition) is 2. The maximum Gasteiger partial charge on any atom is -0.0170 e. The Labute approximate surface area is 152 Å². The molecule has 0 saturated carbocycles. The predicted molar refractivity (Wildman–Crippen MR) is 109 cm³/mol. The lowest BCUT2D eigenvalue weighted by Crippen LogP contribution is -2.04. The molecule has 0 rings (SSSR count). The number of nitrogens with one attached hydrogen (secondary N) is 1. The highest BCUT2D eigenvalue weighted by molar-refractivity contribution is 4.81. The van der Waals surface area contributed by atoms with Crippen molar-refractivity contribution in [1.82, 2.24) is 5.48 Å². The van der Waals surface area contributed by atoms with Gasteiger partial charge in [0.1, 0.15) is 0 Å². The molecular weight excluding hydrogens is 294 g/mol. The van der Waals surface area contributed by atoms with Crippen molar-refractivity contribution in [1.29, 1.82) is 0 Å². The highest BCUT2D eigenvalue weighted by Crippen LogP contribution is 2.17. The zero-order chi connectivity index (χ0) is 17.7. The molecule has 0 aromatic heterocycles. The van der Waals surface area contributed by atoms with Crippen molar-refractivity contribution in [3.05, 3.63) is 17.4 Å². The maximum atomic E-state index is 10.1. The molecule has 1 N–H and O–H groups in total. The summed E-state index contributed by atoms with van der Waals surface area (Å²) < 4.78 is 0. The van der Waals surface area contributed by atoms with Gasteiger partial charge < -0.3 is 10.7 Å². The van der Waals surface area contributed by atoms with Gasteiger partial charge in [-0.1, -0.05) is 96.6 Å². The molecule has 0 spiro atoms. The first kappa shape index (κ1) is 23.7. The zero-order valence-electron chi connectivity index (χ0n) is 16.7. The summed E-state index contributed by atoms with van der Waals surface area (Å²) in [6, 6.07) is 0. The lowest BCUT2D eigenvalue weighted by atomic mass is 9.96. The van der Waals surface area contributed by atoms with Crippen molar-refractivity contribution in [2.45, 2.75) is 117 Å². The Morgan fingerprint density at radius 2 is 1.12 bits per heavy atom. The van der Waals surface area contributed by atoms with Gasteiger partial charge in [-0.05, 0) is 44.6 Å². The van der Waals surface area contributed by atoms with Crippen molar-refractivity contribution in [3.63, 3.8) is 0 Å². The second-order valence-corrected chi connectivity index (χ2v) is 7.30. The second kappa shape index (κ2) is 20.7. The summed E-state index contributed by atoms with van der Waals surface area (Å²) in [5, 5.41) is 10.1. The average Bonchev–Trinajstić information content (AvgIpc) is 2.61. The van der Waals surface area contributed by atoms with E-state index in [1.165, 1.54) is 96.3 Å². The minimum absolute atomic E-state index is 0.626. The van der Waals surface area contributed by atoms with Crippen LogP contribution in [0.25, 0.3) is 0 Å². The Morgan fingerprint density at radius 1 is 0.667 bits per heavy atom. The highest BCUT2D eigenvalue weighted by atomic mass is 16.5. The van der Waals surface area contributed by atoms with Gasteiger partial charge in [-0.3, -0.25) is 0 Å². The third kappa shape index (κ3) is 18.0. The molecule has 0 aliphatic heterocycles. The number of rotatable bonds is 19. The van der Waals surface area contributed by atoms with E-state index >= 15 is 0 Å². The number of hydroxylamine groups is 1. The van der Waals surface area contributed by atoms with E-state index in [4.69, 9.17) is 0 Å². The van der Waals surface area contributed by atoms with E-state index in [2.05, 4.69) is 26.0 Å². The molecule has 0 saturated heterocycles. The van der Waals surface area contributed by atoms with Crippen molar-refractivity contribution in [2.75, 3.05) is 6.54 Å². The molecule has 0 aromatic carbocycles. The average molecular weight is 339 g/mol. The molecule has 0 bridgehead atoms. The van der Waals surface area contributed by atoms with Gasteiger partial charge in [-0.2, -0.15) is 0 Å². The monoisotopic (exact) mass is 338 g/mol. The standard InChI is InChI=1S/C22H44NO/c1-3-22(4-2)20-18-16-14-12-10-8-6-5-7-9-11-13-15-17-19-21-23-24/h5-6,22-23H,3-4,7-21H2,1-2H3/q-1. The Hall–Kier alpha value is -0.340. The number of allylic oxidation sites excluding steroid dienone is 2. The fraction of sp³-hybridized carbons (Fsp3) is 0.909. The van der Waals surface area contributed by atoms with Crippen LogP contribution in [0.2, 0.25) is 0 Å². The summed E-state index contributed by atoms with van der Waals surface area (Å²) in [6.45, 7) is 5.28. The van der Waals surface area contributed by atoms with Crippen LogP contribution in [0.3, 0.4) is 0 Å². The summed E-state index contributed by atoms with van der Waals surface area (Å²) in [5.74, 6) is 0.975. The Morgan fingerprint density at radius 3 is 1.62 bits per heavy atom. The summed E-state index contributed by atoms with van der Waals surface area (Å²) >= 11 is 0. The molecule has 2 heteroatoms. The molecule has 0 atom stereocenters. The van der Waals surface area contributed by atoms with Crippen LogP contribution < -0.4 is 5.48 Å². The maximum absolute atomic E-state index is 10.1. The molecule has 0 aromatic rings. The Balaban J connectivity index is 3.14. The van der Waals surface area contributed by atoms with E-state index in [9.17, 15) is 5.21 Å². The minimum Gasteiger partial charge on any atom is -0.788 e. The molecule has 0 amide bonds. The second-order valence-electron chi connectivity index (χ2n) is 7.30. The van der Waals surface area contributed by atoms with E-state index in [-0.39, 0.29) is 0 Å². The molecule has 0 aliphatic carbocycles. The van der Waals surface area contributed by atoms with Crippen LogP contribution in [0, 0.1) is 11.1 Å². The van der Waals surface area contributed by atoms with Gasteiger partial charge in [0, 0.05) is 0 Å². The van der Waals surface area contributed by atoms with Crippen LogP contribution in [-0.2, 0) is 0 Å². The fourth-order valence-corrected chi connectivity index (χ4v) is 3.32. The van der Waals surface area contributed by atoms with Crippen LogP contribution in [-0.4, -0.2) is 6.54 Å². The van der Waals surface area contributed by atoms with Gasteiger partial charge in [0.15, 0.2) is 0 Å². The van der Waals surface area contributed by atoms with E-state index in [1.807, 2.05) is 5.48 Å². The molecule has 0 aliphatic rings. The van der Waals surface area contributed by atoms with E-state index < -0.39 is 0 Å². The molecule has 0 radical (unpaired) electrons. The predicted octanol–water partition coefficient (Wildman–Crippen LogP) is 7.53. The minimum atomic E-state index is 0.626. The molecule has 24 heavy (non-hydrogen) atoms. The van der Waals surface area contributed by atoms with Crippen molar-refractivity contribution in [3.8, 4) is 0 Å². The van der Waals surface area contributed by atoms with Crippen LogP contribution in [0.4, 0.5) is 0 Å². The molecular formula is C22H44NO-. The fourth-order valence-electron chi connectivity index (χ4n) is 3.32. The lowest BCUT2D eigenvalue weighted by Gasteiger charge is -2.11. The zero-order valence-corrected chi connectivity index (χ0v) is 16.7. The number of unbranched alkanes of at least 4 members (excludes halogenated alkanes) is 11. The SMILES string of the molecule is CCC(CC)CCCCCCCC=CCCCCCCCCN[O-].